The molecule has 7 nitrogen and oxygen atoms in total. The number of anilines is 1. The van der Waals surface area contributed by atoms with Crippen LogP contribution >= 0.6 is 0 Å². The molecule has 1 aliphatic heterocycles. The van der Waals surface area contributed by atoms with E-state index < -0.39 is 6.17 Å². The van der Waals surface area contributed by atoms with Gasteiger partial charge in [0.2, 0.25) is 0 Å². The second kappa shape index (κ2) is 10.6. The van der Waals surface area contributed by atoms with Gasteiger partial charge in [-0.2, -0.15) is 5.10 Å². The van der Waals surface area contributed by atoms with Gasteiger partial charge < -0.3 is 10.3 Å². The Morgan fingerprint density at radius 1 is 1.03 bits per heavy atom. The quantitative estimate of drug-likeness (QED) is 0.297. The van der Waals surface area contributed by atoms with E-state index in [1.54, 1.807) is 23.3 Å². The van der Waals surface area contributed by atoms with Crippen molar-refractivity contribution in [1.29, 1.82) is 0 Å². The van der Waals surface area contributed by atoms with E-state index in [0.29, 0.717) is 36.4 Å². The van der Waals surface area contributed by atoms with Gasteiger partial charge in [-0.15, -0.1) is 0 Å². The Morgan fingerprint density at radius 2 is 1.84 bits per heavy atom. The summed E-state index contributed by atoms with van der Waals surface area (Å²) in [6, 6.07) is 20.4. The number of aromatic nitrogens is 4. The Labute approximate surface area is 220 Å². The lowest BCUT2D eigenvalue weighted by Crippen LogP contribution is -2.35. The predicted molar refractivity (Wildman–Crippen MR) is 147 cm³/mol. The van der Waals surface area contributed by atoms with E-state index in [9.17, 15) is 9.18 Å². The number of rotatable bonds is 7. The minimum Gasteiger partial charge on any atom is -0.344 e. The molecule has 1 saturated heterocycles. The zero-order valence-electron chi connectivity index (χ0n) is 21.0. The normalized spacial score (nSPS) is 16.1. The summed E-state index contributed by atoms with van der Waals surface area (Å²) in [5.74, 6) is -0.229. The minimum atomic E-state index is -0.720. The van der Waals surface area contributed by atoms with Gasteiger partial charge >= 0.3 is 0 Å². The van der Waals surface area contributed by atoms with Crippen LogP contribution in [0.1, 0.15) is 34.3 Å². The number of carbonyl (C=O) groups excluding carboxylic acids is 1. The third-order valence-corrected chi connectivity index (χ3v) is 7.00. The standard InChI is InChI=1S/C30H29FN6O/c31-26-7-4-12-36(20-26)17-22-8-10-23(11-9-22)24-13-27-28(16-33-29(27)32-14-24)35-30(38)25-15-34-37(19-25)18-21-5-2-1-3-6-21/h1-3,5-6,8-11,13-16,19,26H,4,7,12,17-18,20H2,(H,32,33)(H,35,38)/t26-/m1/s1. The van der Waals surface area contributed by atoms with Gasteiger partial charge in [-0.25, -0.2) is 9.37 Å². The first kappa shape index (κ1) is 24.1. The van der Waals surface area contributed by atoms with Crippen molar-refractivity contribution in [3.05, 3.63) is 102 Å². The number of amides is 1. The van der Waals surface area contributed by atoms with E-state index in [1.165, 1.54) is 5.56 Å². The van der Waals surface area contributed by atoms with Crippen LogP contribution in [0.3, 0.4) is 0 Å². The summed E-state index contributed by atoms with van der Waals surface area (Å²) in [6.07, 6.45) is 7.78. The van der Waals surface area contributed by atoms with E-state index in [1.807, 2.05) is 42.6 Å². The van der Waals surface area contributed by atoms with Crippen molar-refractivity contribution in [2.24, 2.45) is 0 Å². The Balaban J connectivity index is 1.15. The SMILES string of the molecule is O=C(Nc1c[nH]c2ncc(-c3ccc(CN4CCC[C@@H](F)C4)cc3)cc12)c1cnn(Cc2ccccc2)c1. The minimum absolute atomic E-state index is 0.229. The van der Waals surface area contributed by atoms with Crippen LogP contribution in [-0.2, 0) is 13.1 Å². The molecule has 0 saturated carbocycles. The van der Waals surface area contributed by atoms with Crippen molar-refractivity contribution >= 4 is 22.6 Å². The van der Waals surface area contributed by atoms with E-state index in [0.717, 1.165) is 41.6 Å². The summed E-state index contributed by atoms with van der Waals surface area (Å²) >= 11 is 0. The summed E-state index contributed by atoms with van der Waals surface area (Å²) in [4.78, 5) is 22.8. The number of alkyl halides is 1. The zero-order chi connectivity index (χ0) is 25.9. The lowest BCUT2D eigenvalue weighted by atomic mass is 10.0. The van der Waals surface area contributed by atoms with Crippen LogP contribution in [0, 0.1) is 0 Å². The van der Waals surface area contributed by atoms with E-state index >= 15 is 0 Å². The maximum atomic E-state index is 13.7. The fourth-order valence-corrected chi connectivity index (χ4v) is 5.00. The molecule has 1 atom stereocenters. The van der Waals surface area contributed by atoms with Gasteiger partial charge in [-0.3, -0.25) is 14.4 Å². The molecule has 8 heteroatoms. The summed E-state index contributed by atoms with van der Waals surface area (Å²) in [7, 11) is 0. The molecule has 1 fully saturated rings. The largest absolute Gasteiger partial charge is 0.344 e. The molecule has 1 amide bonds. The highest BCUT2D eigenvalue weighted by Gasteiger charge is 2.19. The third kappa shape index (κ3) is 5.35. The molecule has 6 rings (SSSR count). The molecule has 192 valence electrons. The van der Waals surface area contributed by atoms with Crippen LogP contribution in [0.25, 0.3) is 22.2 Å². The van der Waals surface area contributed by atoms with Gasteiger partial charge in [-0.1, -0.05) is 54.6 Å². The molecular weight excluding hydrogens is 479 g/mol. The Morgan fingerprint density at radius 3 is 2.66 bits per heavy atom. The maximum Gasteiger partial charge on any atom is 0.258 e. The van der Waals surface area contributed by atoms with Gasteiger partial charge in [0.25, 0.3) is 5.91 Å². The fraction of sp³-hybridized carbons (Fsp3) is 0.233. The molecule has 0 spiro atoms. The first-order chi connectivity index (χ1) is 18.6. The van der Waals surface area contributed by atoms with Crippen LogP contribution in [0.4, 0.5) is 10.1 Å². The van der Waals surface area contributed by atoms with E-state index in [4.69, 9.17) is 0 Å². The molecule has 2 N–H and O–H groups in total. The first-order valence-corrected chi connectivity index (χ1v) is 12.9. The number of piperidine rings is 1. The van der Waals surface area contributed by atoms with Gasteiger partial charge in [-0.05, 0) is 42.1 Å². The average molecular weight is 509 g/mol. The third-order valence-electron chi connectivity index (χ3n) is 7.00. The molecule has 1 aliphatic rings. The molecular formula is C30H29FN6O. The van der Waals surface area contributed by atoms with Crippen molar-refractivity contribution in [3.8, 4) is 11.1 Å². The number of carbonyl (C=O) groups is 1. The number of pyridine rings is 1. The molecule has 4 heterocycles. The lowest BCUT2D eigenvalue weighted by Gasteiger charge is -2.28. The molecule has 0 unspecified atom stereocenters. The summed E-state index contributed by atoms with van der Waals surface area (Å²) in [5.41, 5.74) is 6.12. The number of nitrogens with one attached hydrogen (secondary N) is 2. The zero-order valence-corrected chi connectivity index (χ0v) is 21.0. The average Bonchev–Trinajstić information content (AvgIpc) is 3.57. The van der Waals surface area contributed by atoms with E-state index in [2.05, 4.69) is 49.5 Å². The number of halogens is 1. The molecule has 3 aromatic heterocycles. The number of hydrogen-bond acceptors (Lipinski definition) is 4. The molecule has 0 aliphatic carbocycles. The lowest BCUT2D eigenvalue weighted by molar-refractivity contribution is 0.102. The monoisotopic (exact) mass is 508 g/mol. The number of fused-ring (bicyclic) bond motifs is 1. The van der Waals surface area contributed by atoms with E-state index in [-0.39, 0.29) is 5.91 Å². The second-order valence-corrected chi connectivity index (χ2v) is 9.86. The number of nitrogens with zero attached hydrogens (tertiary/aromatic N) is 4. The number of benzene rings is 2. The summed E-state index contributed by atoms with van der Waals surface area (Å²) in [6.45, 7) is 2.81. The number of hydrogen-bond donors (Lipinski definition) is 2. The van der Waals surface area contributed by atoms with Gasteiger partial charge in [0.1, 0.15) is 11.8 Å². The number of likely N-dealkylation sites (tertiary alicyclic amines) is 1. The van der Waals surface area contributed by atoms with Crippen LogP contribution in [0.15, 0.2) is 85.5 Å². The van der Waals surface area contributed by atoms with Crippen LogP contribution in [0.5, 0.6) is 0 Å². The molecule has 0 bridgehead atoms. The topological polar surface area (TPSA) is 78.8 Å². The van der Waals surface area contributed by atoms with Crippen molar-refractivity contribution < 1.29 is 9.18 Å². The van der Waals surface area contributed by atoms with Gasteiger partial charge in [0.05, 0.1) is 24.0 Å². The van der Waals surface area contributed by atoms with Gasteiger partial charge in [0.15, 0.2) is 0 Å². The number of aromatic amines is 1. The van der Waals surface area contributed by atoms with Crippen LogP contribution in [0.2, 0.25) is 0 Å². The number of H-pyrrole nitrogens is 1. The van der Waals surface area contributed by atoms with Crippen LogP contribution < -0.4 is 5.32 Å². The van der Waals surface area contributed by atoms with Crippen molar-refractivity contribution in [3.63, 3.8) is 0 Å². The molecule has 2 aromatic carbocycles. The molecule has 0 radical (unpaired) electrons. The highest BCUT2D eigenvalue weighted by atomic mass is 19.1. The van der Waals surface area contributed by atoms with Crippen LogP contribution in [-0.4, -0.2) is 49.8 Å². The Hall–Kier alpha value is -4.30. The van der Waals surface area contributed by atoms with Crippen molar-refractivity contribution in [1.82, 2.24) is 24.6 Å². The first-order valence-electron chi connectivity index (χ1n) is 12.9. The summed E-state index contributed by atoms with van der Waals surface area (Å²) < 4.78 is 15.5. The van der Waals surface area contributed by atoms with Crippen molar-refractivity contribution in [2.75, 3.05) is 18.4 Å². The smallest absolute Gasteiger partial charge is 0.258 e. The Kier molecular flexibility index (Phi) is 6.71. The fourth-order valence-electron chi connectivity index (χ4n) is 5.00. The molecule has 38 heavy (non-hydrogen) atoms. The van der Waals surface area contributed by atoms with Gasteiger partial charge in [0, 0.05) is 42.6 Å². The molecule has 5 aromatic rings. The highest BCUT2D eigenvalue weighted by molar-refractivity contribution is 6.08. The predicted octanol–water partition coefficient (Wildman–Crippen LogP) is 5.66. The summed E-state index contributed by atoms with van der Waals surface area (Å²) in [5, 5.41) is 8.17. The maximum absolute atomic E-state index is 13.7. The Bertz CT molecular complexity index is 1540. The second-order valence-electron chi connectivity index (χ2n) is 9.86. The highest BCUT2D eigenvalue weighted by Crippen LogP contribution is 2.28. The van der Waals surface area contributed by atoms with Crippen molar-refractivity contribution in [2.45, 2.75) is 32.1 Å².